The van der Waals surface area contributed by atoms with E-state index in [1.807, 2.05) is 18.3 Å². The van der Waals surface area contributed by atoms with E-state index in [0.717, 1.165) is 51.4 Å². The smallest absolute Gasteiger partial charge is 0.163 e. The summed E-state index contributed by atoms with van der Waals surface area (Å²) in [6.07, 6.45) is 3.59. The maximum Gasteiger partial charge on any atom is 0.163 e. The molecule has 0 atom stereocenters. The molecule has 0 aliphatic carbocycles. The van der Waals surface area contributed by atoms with E-state index >= 15 is 0 Å². The number of benzene rings is 4. The lowest BCUT2D eigenvalue weighted by Gasteiger charge is -2.32. The van der Waals surface area contributed by atoms with Crippen molar-refractivity contribution in [2.24, 2.45) is 0 Å². The van der Waals surface area contributed by atoms with E-state index in [4.69, 9.17) is 9.40 Å². The van der Waals surface area contributed by atoms with Gasteiger partial charge in [-0.05, 0) is 47.2 Å². The number of rotatable bonds is 2. The Balaban J connectivity index is 1.43. The maximum atomic E-state index is 9.22. The molecule has 0 saturated carbocycles. The van der Waals surface area contributed by atoms with E-state index in [-0.39, 0.29) is 0 Å². The molecule has 172 valence electrons. The summed E-state index contributed by atoms with van der Waals surface area (Å²) >= 11 is 0. The molecule has 3 nitrogen and oxygen atoms in total. The van der Waals surface area contributed by atoms with Gasteiger partial charge in [0.05, 0.1) is 5.56 Å². The summed E-state index contributed by atoms with van der Waals surface area (Å²) in [7, 11) is -1.17. The van der Waals surface area contributed by atoms with E-state index < -0.39 is 14.0 Å². The number of aromatic nitrogens is 2. The second-order valence-corrected chi connectivity index (χ2v) is 16.0. The first-order chi connectivity index (χ1) is 17.4. The van der Waals surface area contributed by atoms with Crippen LogP contribution in [0.5, 0.6) is 0 Å². The maximum absolute atomic E-state index is 9.22. The molecule has 1 saturated heterocycles. The Morgan fingerprint density at radius 2 is 1.54 bits per heavy atom. The highest BCUT2D eigenvalue weighted by Gasteiger charge is 2.30. The van der Waals surface area contributed by atoms with Gasteiger partial charge >= 0.3 is 0 Å². The van der Waals surface area contributed by atoms with Crippen molar-refractivity contribution in [3.63, 3.8) is 0 Å². The van der Waals surface area contributed by atoms with E-state index in [2.05, 4.69) is 78.7 Å². The molecule has 1 aliphatic rings. The Bertz CT molecular complexity index is 1800. The van der Waals surface area contributed by atoms with Crippen molar-refractivity contribution in [1.29, 1.82) is 0 Å². The van der Waals surface area contributed by atoms with Crippen LogP contribution in [0, 0.1) is 0 Å². The van der Waals surface area contributed by atoms with E-state index in [1.54, 1.807) is 0 Å². The summed E-state index contributed by atoms with van der Waals surface area (Å²) in [4.78, 5) is 9.63. The van der Waals surface area contributed by atoms with Crippen LogP contribution in [0.1, 0.15) is 25.8 Å². The molecule has 3 heterocycles. The Hall–Kier alpha value is -3.50. The molecule has 35 heavy (non-hydrogen) atoms. The normalized spacial score (nSPS) is 17.8. The SMILES string of the molecule is [2H]C1(c2ccnc(-c3cccc4c3oc3c4ccc4ccc5ccccc5c43)n2)CC[Si](C)(C)CC1. The molecule has 1 fully saturated rings. The second-order valence-electron chi connectivity index (χ2n) is 10.6. The van der Waals surface area contributed by atoms with Gasteiger partial charge in [0.25, 0.3) is 0 Å². The summed E-state index contributed by atoms with van der Waals surface area (Å²) in [5, 5.41) is 6.87. The van der Waals surface area contributed by atoms with Crippen molar-refractivity contribution in [2.45, 2.75) is 43.9 Å². The van der Waals surface area contributed by atoms with Gasteiger partial charge in [0.2, 0.25) is 0 Å². The monoisotopic (exact) mass is 473 g/mol. The van der Waals surface area contributed by atoms with Crippen molar-refractivity contribution in [3.8, 4) is 11.4 Å². The topological polar surface area (TPSA) is 38.9 Å². The first kappa shape index (κ1) is 19.8. The van der Waals surface area contributed by atoms with Gasteiger partial charge in [-0.3, -0.25) is 0 Å². The Labute approximate surface area is 207 Å². The molecule has 0 bridgehead atoms. The molecule has 0 N–H and O–H groups in total. The summed E-state index contributed by atoms with van der Waals surface area (Å²) in [6.45, 7) is 4.88. The molecule has 0 radical (unpaired) electrons. The van der Waals surface area contributed by atoms with Crippen molar-refractivity contribution in [1.82, 2.24) is 9.97 Å². The molecule has 4 heteroatoms. The first-order valence-electron chi connectivity index (χ1n) is 13.0. The average molecular weight is 474 g/mol. The van der Waals surface area contributed by atoms with Crippen LogP contribution in [0.4, 0.5) is 0 Å². The minimum atomic E-state index is -1.17. The van der Waals surface area contributed by atoms with Crippen molar-refractivity contribution >= 4 is 51.6 Å². The number of hydrogen-bond donors (Lipinski definition) is 0. The minimum absolute atomic E-state index is 0.628. The standard InChI is InChI=1S/C31H28N2OSi/c1-35(2)18-15-21(16-19-35)27-14-17-32-31(33-27)26-9-5-8-24-25-13-12-22-11-10-20-6-3-4-7-23(20)28(22)30(25)34-29(24)26/h3-14,17,21H,15-16,18-19H2,1-2H3/i21D. The molecule has 0 spiro atoms. The van der Waals surface area contributed by atoms with Gasteiger partial charge in [-0.2, -0.15) is 0 Å². The average Bonchev–Trinajstić information content (AvgIpc) is 3.29. The largest absolute Gasteiger partial charge is 0.455 e. The lowest BCUT2D eigenvalue weighted by atomic mass is 9.98. The highest BCUT2D eigenvalue weighted by atomic mass is 28.3. The summed E-state index contributed by atoms with van der Waals surface area (Å²) in [5.74, 6) is 0.0110. The Kier molecular flexibility index (Phi) is 4.38. The van der Waals surface area contributed by atoms with Gasteiger partial charge < -0.3 is 4.42 Å². The van der Waals surface area contributed by atoms with Crippen molar-refractivity contribution < 1.29 is 5.79 Å². The lowest BCUT2D eigenvalue weighted by Crippen LogP contribution is -2.30. The van der Waals surface area contributed by atoms with E-state index in [1.165, 1.54) is 28.2 Å². The molecule has 6 aromatic rings. The van der Waals surface area contributed by atoms with Gasteiger partial charge in [0.15, 0.2) is 5.82 Å². The van der Waals surface area contributed by atoms with Crippen LogP contribution in [0.25, 0.3) is 54.9 Å². The third-order valence-corrected chi connectivity index (χ3v) is 11.0. The third kappa shape index (κ3) is 3.39. The van der Waals surface area contributed by atoms with Gasteiger partial charge in [-0.25, -0.2) is 9.97 Å². The van der Waals surface area contributed by atoms with Crippen LogP contribution >= 0.6 is 0 Å². The summed E-state index contributed by atoms with van der Waals surface area (Å²) in [5.41, 5.74) is 3.43. The molecule has 7 rings (SSSR count). The quantitative estimate of drug-likeness (QED) is 0.186. The minimum Gasteiger partial charge on any atom is -0.455 e. The molecular weight excluding hydrogens is 444 g/mol. The Morgan fingerprint density at radius 3 is 2.43 bits per heavy atom. The number of hydrogen-bond acceptors (Lipinski definition) is 3. The van der Waals surface area contributed by atoms with Crippen LogP contribution in [0.2, 0.25) is 25.2 Å². The second kappa shape index (κ2) is 7.75. The highest BCUT2D eigenvalue weighted by molar-refractivity contribution is 6.77. The molecule has 2 aromatic heterocycles. The summed E-state index contributed by atoms with van der Waals surface area (Å²) < 4.78 is 15.9. The van der Waals surface area contributed by atoms with Crippen molar-refractivity contribution in [2.75, 3.05) is 0 Å². The molecular formula is C31H28N2OSi. The zero-order valence-electron chi connectivity index (χ0n) is 21.1. The van der Waals surface area contributed by atoms with Gasteiger partial charge in [0.1, 0.15) is 11.2 Å². The van der Waals surface area contributed by atoms with E-state index in [0.29, 0.717) is 5.82 Å². The number of para-hydroxylation sites is 1. The first-order valence-corrected chi connectivity index (χ1v) is 15.9. The number of fused-ring (bicyclic) bond motifs is 7. The zero-order chi connectivity index (χ0) is 24.5. The third-order valence-electron chi connectivity index (χ3n) is 7.84. The molecule has 4 aromatic carbocycles. The molecule has 1 aliphatic heterocycles. The molecule has 0 unspecified atom stereocenters. The van der Waals surface area contributed by atoms with Crippen LogP contribution in [-0.4, -0.2) is 18.0 Å². The van der Waals surface area contributed by atoms with Crippen LogP contribution in [0.15, 0.2) is 83.4 Å². The van der Waals surface area contributed by atoms with Gasteiger partial charge in [0, 0.05) is 43.4 Å². The fraction of sp³-hybridized carbons (Fsp3) is 0.226. The highest BCUT2D eigenvalue weighted by Crippen LogP contribution is 2.41. The van der Waals surface area contributed by atoms with Crippen molar-refractivity contribution in [3.05, 3.63) is 84.7 Å². The molecule has 0 amide bonds. The van der Waals surface area contributed by atoms with Gasteiger partial charge in [-0.1, -0.05) is 79.8 Å². The fourth-order valence-corrected chi connectivity index (χ4v) is 7.90. The Morgan fingerprint density at radius 1 is 0.800 bits per heavy atom. The fourth-order valence-electron chi connectivity index (χ4n) is 5.69. The van der Waals surface area contributed by atoms with E-state index in [9.17, 15) is 1.37 Å². The zero-order valence-corrected chi connectivity index (χ0v) is 21.1. The lowest BCUT2D eigenvalue weighted by molar-refractivity contribution is 0.586. The van der Waals surface area contributed by atoms with Crippen LogP contribution < -0.4 is 0 Å². The predicted molar refractivity (Wildman–Crippen MR) is 149 cm³/mol. The summed E-state index contributed by atoms with van der Waals surface area (Å²) in [6, 6.07) is 27.6. The van der Waals surface area contributed by atoms with Crippen LogP contribution in [0.3, 0.4) is 0 Å². The van der Waals surface area contributed by atoms with Gasteiger partial charge in [-0.15, -0.1) is 0 Å². The predicted octanol–water partition coefficient (Wildman–Crippen LogP) is 8.94. The number of nitrogens with zero attached hydrogens (tertiary/aromatic N) is 2. The van der Waals surface area contributed by atoms with Crippen LogP contribution in [-0.2, 0) is 0 Å². The number of furan rings is 1.